The van der Waals surface area contributed by atoms with Crippen molar-refractivity contribution >= 4 is 20.9 Å². The van der Waals surface area contributed by atoms with E-state index in [0.717, 1.165) is 40.8 Å². The highest BCUT2D eigenvalue weighted by molar-refractivity contribution is 7.89. The van der Waals surface area contributed by atoms with E-state index >= 15 is 0 Å². The number of hydrogen-bond donors (Lipinski definition) is 1. The summed E-state index contributed by atoms with van der Waals surface area (Å²) >= 11 is 0. The summed E-state index contributed by atoms with van der Waals surface area (Å²) in [7, 11) is -1.89. The fourth-order valence-corrected chi connectivity index (χ4v) is 4.73. The molecule has 152 valence electrons. The van der Waals surface area contributed by atoms with Crippen molar-refractivity contribution in [2.45, 2.75) is 31.1 Å². The Hall–Kier alpha value is -2.57. The fourth-order valence-electron chi connectivity index (χ4n) is 3.35. The Morgan fingerprint density at radius 1 is 1.10 bits per heavy atom. The summed E-state index contributed by atoms with van der Waals surface area (Å²) < 4.78 is 33.3. The van der Waals surface area contributed by atoms with E-state index < -0.39 is 10.0 Å². The molecule has 1 fully saturated rings. The third-order valence-corrected chi connectivity index (χ3v) is 7.17. The highest BCUT2D eigenvalue weighted by Gasteiger charge is 2.24. The van der Waals surface area contributed by atoms with Crippen molar-refractivity contribution in [1.82, 2.24) is 9.29 Å². The van der Waals surface area contributed by atoms with Gasteiger partial charge in [-0.25, -0.2) is 8.42 Å². The molecule has 1 saturated carbocycles. The lowest BCUT2D eigenvalue weighted by atomic mass is 10.2. The van der Waals surface area contributed by atoms with Crippen LogP contribution < -0.4 is 4.74 Å². The Labute approximate surface area is 172 Å². The number of aryl methyl sites for hydroxylation is 1. The summed E-state index contributed by atoms with van der Waals surface area (Å²) in [6.45, 7) is 2.79. The number of aromatic amines is 1. The molecule has 0 spiro atoms. The number of nitrogens with zero attached hydrogens (tertiary/aromatic N) is 1. The quantitative estimate of drug-likeness (QED) is 0.559. The molecule has 0 bridgehead atoms. The Balaban J connectivity index is 1.55. The zero-order valence-electron chi connectivity index (χ0n) is 16.8. The van der Waals surface area contributed by atoms with Gasteiger partial charge in [-0.3, -0.25) is 0 Å². The number of hydrogen-bond acceptors (Lipinski definition) is 3. The summed E-state index contributed by atoms with van der Waals surface area (Å²) in [6, 6.07) is 15.0. The number of fused-ring (bicyclic) bond motifs is 1. The number of H-pyrrole nitrogens is 1. The first-order valence-electron chi connectivity index (χ1n) is 9.86. The van der Waals surface area contributed by atoms with Gasteiger partial charge >= 0.3 is 0 Å². The van der Waals surface area contributed by atoms with Crippen LogP contribution in [0.15, 0.2) is 65.1 Å². The first-order chi connectivity index (χ1) is 14.0. The van der Waals surface area contributed by atoms with Crippen LogP contribution in [-0.2, 0) is 16.4 Å². The van der Waals surface area contributed by atoms with Gasteiger partial charge < -0.3 is 9.72 Å². The van der Waals surface area contributed by atoms with Crippen molar-refractivity contribution in [3.63, 3.8) is 0 Å². The maximum atomic E-state index is 13.2. The van der Waals surface area contributed by atoms with E-state index in [4.69, 9.17) is 4.74 Å². The molecule has 3 aromatic rings. The Kier molecular flexibility index (Phi) is 5.48. The molecular weight excluding hydrogens is 384 g/mol. The second-order valence-corrected chi connectivity index (χ2v) is 9.47. The number of ether oxygens (including phenoxy) is 1. The molecule has 0 radical (unpaired) electrons. The van der Waals surface area contributed by atoms with Crippen LogP contribution in [0.4, 0.5) is 0 Å². The Morgan fingerprint density at radius 2 is 1.86 bits per heavy atom. The lowest BCUT2D eigenvalue weighted by molar-refractivity contribution is 0.415. The van der Waals surface area contributed by atoms with Gasteiger partial charge in [0.15, 0.2) is 0 Å². The van der Waals surface area contributed by atoms with Crippen molar-refractivity contribution in [3.8, 4) is 5.75 Å². The van der Waals surface area contributed by atoms with Gasteiger partial charge in [0.2, 0.25) is 10.0 Å². The van der Waals surface area contributed by atoms with E-state index in [0.29, 0.717) is 24.4 Å². The maximum absolute atomic E-state index is 13.2. The van der Waals surface area contributed by atoms with Gasteiger partial charge in [0.05, 0.1) is 12.0 Å². The van der Waals surface area contributed by atoms with Crippen LogP contribution in [0.5, 0.6) is 5.75 Å². The van der Waals surface area contributed by atoms with Crippen LogP contribution in [0.1, 0.15) is 24.1 Å². The molecule has 1 N–H and O–H groups in total. The van der Waals surface area contributed by atoms with Gasteiger partial charge in [0.25, 0.3) is 0 Å². The van der Waals surface area contributed by atoms with Gasteiger partial charge in [0, 0.05) is 36.1 Å². The van der Waals surface area contributed by atoms with Crippen molar-refractivity contribution in [1.29, 1.82) is 0 Å². The van der Waals surface area contributed by atoms with Crippen LogP contribution in [0.25, 0.3) is 10.9 Å². The van der Waals surface area contributed by atoms with Gasteiger partial charge in [-0.2, -0.15) is 4.31 Å². The maximum Gasteiger partial charge on any atom is 0.243 e. The first-order valence-corrected chi connectivity index (χ1v) is 11.3. The minimum Gasteiger partial charge on any atom is -0.497 e. The predicted molar refractivity (Wildman–Crippen MR) is 116 cm³/mol. The molecule has 1 aliphatic rings. The summed E-state index contributed by atoms with van der Waals surface area (Å²) in [6.07, 6.45) is 4.84. The minimum absolute atomic E-state index is 0.346. The van der Waals surface area contributed by atoms with Crippen molar-refractivity contribution in [2.24, 2.45) is 0 Å². The number of rotatable bonds is 8. The number of methoxy groups -OCH3 is 1. The number of allylic oxidation sites excluding steroid dienone is 1. The largest absolute Gasteiger partial charge is 0.497 e. The lowest BCUT2D eigenvalue weighted by Crippen LogP contribution is -2.33. The van der Waals surface area contributed by atoms with Crippen LogP contribution in [0, 0.1) is 6.92 Å². The average Bonchev–Trinajstić information content (AvgIpc) is 3.45. The predicted octanol–water partition coefficient (Wildman–Crippen LogP) is 4.44. The van der Waals surface area contributed by atoms with E-state index in [1.165, 1.54) is 5.57 Å². The SMILES string of the molecule is COc1ccc2[nH]c(CCN(CC=C3CC3)S(=O)(=O)c3ccc(C)cc3)cc2c1. The third-order valence-electron chi connectivity index (χ3n) is 5.30. The van der Waals surface area contributed by atoms with Crippen molar-refractivity contribution < 1.29 is 13.2 Å². The highest BCUT2D eigenvalue weighted by atomic mass is 32.2. The van der Waals surface area contributed by atoms with Gasteiger partial charge in [-0.15, -0.1) is 0 Å². The zero-order chi connectivity index (χ0) is 20.4. The lowest BCUT2D eigenvalue weighted by Gasteiger charge is -2.21. The molecule has 0 amide bonds. The fraction of sp³-hybridized carbons (Fsp3) is 0.304. The van der Waals surface area contributed by atoms with Crippen LogP contribution in [0.2, 0.25) is 0 Å². The van der Waals surface area contributed by atoms with E-state index in [2.05, 4.69) is 17.1 Å². The Bertz CT molecular complexity index is 1140. The zero-order valence-corrected chi connectivity index (χ0v) is 17.6. The first kappa shape index (κ1) is 19.7. The van der Waals surface area contributed by atoms with E-state index in [9.17, 15) is 8.42 Å². The topological polar surface area (TPSA) is 62.4 Å². The molecule has 29 heavy (non-hydrogen) atoms. The van der Waals surface area contributed by atoms with Crippen molar-refractivity contribution in [3.05, 3.63) is 71.4 Å². The molecule has 6 heteroatoms. The van der Waals surface area contributed by atoms with Crippen LogP contribution in [0.3, 0.4) is 0 Å². The van der Waals surface area contributed by atoms with E-state index in [-0.39, 0.29) is 0 Å². The average molecular weight is 411 g/mol. The van der Waals surface area contributed by atoms with Gasteiger partial charge in [0.1, 0.15) is 5.75 Å². The third kappa shape index (κ3) is 4.54. The molecule has 5 nitrogen and oxygen atoms in total. The number of sulfonamides is 1. The molecule has 1 heterocycles. The normalized spacial score (nSPS) is 13.8. The smallest absolute Gasteiger partial charge is 0.243 e. The van der Waals surface area contributed by atoms with Crippen molar-refractivity contribution in [2.75, 3.05) is 20.2 Å². The standard InChI is InChI=1S/C23H26N2O3S/c1-17-3-8-22(9-4-17)29(26,27)25(13-11-18-5-6-18)14-12-20-15-19-16-21(28-2)7-10-23(19)24-20/h3-4,7-11,15-16,24H,5-6,12-14H2,1-2H3. The number of benzene rings is 2. The molecule has 1 aliphatic carbocycles. The molecular formula is C23H26N2O3S. The Morgan fingerprint density at radius 3 is 2.55 bits per heavy atom. The monoisotopic (exact) mass is 410 g/mol. The summed E-state index contributed by atoms with van der Waals surface area (Å²) in [5.41, 5.74) is 4.42. The molecule has 1 aromatic heterocycles. The molecule has 0 aliphatic heterocycles. The molecule has 4 rings (SSSR count). The molecule has 0 atom stereocenters. The van der Waals surface area contributed by atoms with Crippen LogP contribution >= 0.6 is 0 Å². The minimum atomic E-state index is -3.54. The summed E-state index contributed by atoms with van der Waals surface area (Å²) in [5, 5.41) is 1.06. The second-order valence-electron chi connectivity index (χ2n) is 7.54. The molecule has 2 aromatic carbocycles. The van der Waals surface area contributed by atoms with E-state index in [1.54, 1.807) is 23.5 Å². The number of aromatic nitrogens is 1. The molecule has 0 unspecified atom stereocenters. The highest BCUT2D eigenvalue weighted by Crippen LogP contribution is 2.28. The summed E-state index contributed by atoms with van der Waals surface area (Å²) in [5.74, 6) is 0.808. The molecule has 0 saturated heterocycles. The second kappa shape index (κ2) is 8.05. The van der Waals surface area contributed by atoms with Gasteiger partial charge in [-0.1, -0.05) is 29.3 Å². The van der Waals surface area contributed by atoms with Gasteiger partial charge in [-0.05, 0) is 56.2 Å². The number of nitrogens with one attached hydrogen (secondary N) is 1. The summed E-state index contributed by atoms with van der Waals surface area (Å²) in [4.78, 5) is 3.73. The van der Waals surface area contributed by atoms with E-state index in [1.807, 2.05) is 37.3 Å². The van der Waals surface area contributed by atoms with Crippen LogP contribution in [-0.4, -0.2) is 37.9 Å².